The van der Waals surface area contributed by atoms with Gasteiger partial charge in [-0.05, 0) is 12.1 Å². The van der Waals surface area contributed by atoms with Crippen LogP contribution < -0.4 is 0 Å². The molecule has 0 bridgehead atoms. The van der Waals surface area contributed by atoms with Crippen LogP contribution in [0.15, 0.2) is 28.7 Å². The van der Waals surface area contributed by atoms with Gasteiger partial charge in [0, 0.05) is 22.9 Å². The normalized spacial score (nSPS) is 19.6. The Morgan fingerprint density at radius 2 is 2.30 bits per heavy atom. The minimum absolute atomic E-state index is 0.0570. The number of ketones is 1. The maximum Gasteiger partial charge on any atom is 0.309 e. The van der Waals surface area contributed by atoms with Crippen LogP contribution in [0.25, 0.3) is 0 Å². The molecule has 0 spiro atoms. The van der Waals surface area contributed by atoms with Crippen LogP contribution in [0.2, 0.25) is 0 Å². The smallest absolute Gasteiger partial charge is 0.309 e. The highest BCUT2D eigenvalue weighted by atomic mass is 79.9. The van der Waals surface area contributed by atoms with Gasteiger partial charge in [0.1, 0.15) is 6.10 Å². The van der Waals surface area contributed by atoms with Crippen molar-refractivity contribution < 1.29 is 19.1 Å². The van der Waals surface area contributed by atoms with Crippen LogP contribution >= 0.6 is 15.9 Å². The zero-order valence-electron chi connectivity index (χ0n) is 11.3. The first-order chi connectivity index (χ1) is 9.56. The Morgan fingerprint density at radius 3 is 2.95 bits per heavy atom. The Kier molecular flexibility index (Phi) is 5.31. The molecule has 1 aromatic rings. The van der Waals surface area contributed by atoms with E-state index in [1.165, 1.54) is 0 Å². The van der Waals surface area contributed by atoms with Crippen LogP contribution in [0.1, 0.15) is 30.1 Å². The van der Waals surface area contributed by atoms with E-state index in [-0.39, 0.29) is 24.3 Å². The second-order valence-electron chi connectivity index (χ2n) is 4.96. The molecule has 0 N–H and O–H groups in total. The Balaban J connectivity index is 1.88. The second-order valence-corrected chi connectivity index (χ2v) is 5.88. The number of carbonyl (C=O) groups is 2. The molecule has 1 heterocycles. The third-order valence-electron chi connectivity index (χ3n) is 3.21. The number of ether oxygens (including phenoxy) is 2. The topological polar surface area (TPSA) is 52.6 Å². The van der Waals surface area contributed by atoms with Gasteiger partial charge in [0.25, 0.3) is 0 Å². The van der Waals surface area contributed by atoms with Crippen molar-refractivity contribution in [3.8, 4) is 0 Å². The lowest BCUT2D eigenvalue weighted by Gasteiger charge is -2.14. The third kappa shape index (κ3) is 4.15. The quantitative estimate of drug-likeness (QED) is 0.610. The summed E-state index contributed by atoms with van der Waals surface area (Å²) in [6.45, 7) is 2.80. The number of hydrogen-bond acceptors (Lipinski definition) is 4. The summed E-state index contributed by atoms with van der Waals surface area (Å²) in [6, 6.07) is 7.16. The average molecular weight is 341 g/mol. The van der Waals surface area contributed by atoms with Gasteiger partial charge in [0.2, 0.25) is 0 Å². The summed E-state index contributed by atoms with van der Waals surface area (Å²) in [6.07, 6.45) is 0.729. The number of esters is 1. The van der Waals surface area contributed by atoms with Gasteiger partial charge in [-0.25, -0.2) is 0 Å². The fourth-order valence-electron chi connectivity index (χ4n) is 2.03. The third-order valence-corrected chi connectivity index (χ3v) is 3.70. The van der Waals surface area contributed by atoms with Gasteiger partial charge in [-0.2, -0.15) is 0 Å². The van der Waals surface area contributed by atoms with E-state index in [2.05, 4.69) is 15.9 Å². The fraction of sp³-hybridized carbons (Fsp3) is 0.467. The minimum Gasteiger partial charge on any atom is -0.460 e. The molecule has 0 aliphatic carbocycles. The number of carbonyl (C=O) groups excluding carboxylic acids is 2. The number of benzene rings is 1. The van der Waals surface area contributed by atoms with Gasteiger partial charge in [-0.3, -0.25) is 9.59 Å². The van der Waals surface area contributed by atoms with Crippen molar-refractivity contribution in [1.82, 2.24) is 0 Å². The molecule has 20 heavy (non-hydrogen) atoms. The molecular weight excluding hydrogens is 324 g/mol. The molecule has 4 nitrogen and oxygen atoms in total. The lowest BCUT2D eigenvalue weighted by atomic mass is 10.00. The number of rotatable bonds is 5. The fourth-order valence-corrected chi connectivity index (χ4v) is 2.43. The Hall–Kier alpha value is -1.20. The van der Waals surface area contributed by atoms with Crippen LogP contribution in [0.3, 0.4) is 0 Å². The number of halogens is 1. The molecule has 2 atom stereocenters. The van der Waals surface area contributed by atoms with Crippen LogP contribution in [0.5, 0.6) is 0 Å². The lowest BCUT2D eigenvalue weighted by molar-refractivity contribution is -0.153. The van der Waals surface area contributed by atoms with Gasteiger partial charge in [0.05, 0.1) is 19.1 Å². The van der Waals surface area contributed by atoms with Gasteiger partial charge in [0.15, 0.2) is 5.78 Å². The highest BCUT2D eigenvalue weighted by Gasteiger charge is 2.25. The van der Waals surface area contributed by atoms with Crippen LogP contribution in [0.4, 0.5) is 0 Å². The highest BCUT2D eigenvalue weighted by molar-refractivity contribution is 9.10. The monoisotopic (exact) mass is 340 g/mol. The second kappa shape index (κ2) is 6.99. The maximum absolute atomic E-state index is 12.1. The van der Waals surface area contributed by atoms with Gasteiger partial charge >= 0.3 is 5.97 Å². The molecule has 1 aliphatic rings. The van der Waals surface area contributed by atoms with E-state index < -0.39 is 5.92 Å². The summed E-state index contributed by atoms with van der Waals surface area (Å²) in [5.74, 6) is -0.829. The van der Waals surface area contributed by atoms with Crippen molar-refractivity contribution in [3.63, 3.8) is 0 Å². The summed E-state index contributed by atoms with van der Waals surface area (Å²) in [4.78, 5) is 24.0. The zero-order valence-corrected chi connectivity index (χ0v) is 12.9. The SMILES string of the molecule is C[C@@H](CC(=O)c1cccc(Br)c1)C(=O)O[C@@H]1CCOC1. The summed E-state index contributed by atoms with van der Waals surface area (Å²) < 4.78 is 11.3. The lowest BCUT2D eigenvalue weighted by Crippen LogP contribution is -2.24. The molecule has 0 saturated carbocycles. The predicted octanol–water partition coefficient (Wildman–Crippen LogP) is 2.99. The maximum atomic E-state index is 12.1. The molecule has 0 unspecified atom stereocenters. The van der Waals surface area contributed by atoms with Gasteiger partial charge in [-0.15, -0.1) is 0 Å². The van der Waals surface area contributed by atoms with E-state index >= 15 is 0 Å². The molecule has 0 radical (unpaired) electrons. The molecule has 1 aromatic carbocycles. The first-order valence-corrected chi connectivity index (χ1v) is 7.42. The van der Waals surface area contributed by atoms with E-state index in [1.807, 2.05) is 6.07 Å². The van der Waals surface area contributed by atoms with Crippen molar-refractivity contribution in [2.45, 2.75) is 25.9 Å². The first-order valence-electron chi connectivity index (χ1n) is 6.63. The summed E-state index contributed by atoms with van der Waals surface area (Å²) in [5.41, 5.74) is 0.600. The molecule has 1 saturated heterocycles. The van der Waals surface area contributed by atoms with E-state index in [1.54, 1.807) is 25.1 Å². The van der Waals surface area contributed by atoms with Gasteiger partial charge in [-0.1, -0.05) is 35.0 Å². The molecule has 2 rings (SSSR count). The molecule has 5 heteroatoms. The summed E-state index contributed by atoms with van der Waals surface area (Å²) in [5, 5.41) is 0. The Bertz CT molecular complexity index is 494. The van der Waals surface area contributed by atoms with Crippen molar-refractivity contribution in [2.24, 2.45) is 5.92 Å². The summed E-state index contributed by atoms with van der Waals surface area (Å²) >= 11 is 3.33. The van der Waals surface area contributed by atoms with E-state index in [4.69, 9.17) is 9.47 Å². The zero-order chi connectivity index (χ0) is 14.5. The molecule has 0 amide bonds. The highest BCUT2D eigenvalue weighted by Crippen LogP contribution is 2.17. The van der Waals surface area contributed by atoms with Crippen molar-refractivity contribution in [1.29, 1.82) is 0 Å². The largest absolute Gasteiger partial charge is 0.460 e. The minimum atomic E-state index is -0.443. The van der Waals surface area contributed by atoms with Crippen molar-refractivity contribution >= 4 is 27.7 Å². The average Bonchev–Trinajstić information content (AvgIpc) is 2.91. The van der Waals surface area contributed by atoms with Crippen LogP contribution in [-0.4, -0.2) is 31.1 Å². The van der Waals surface area contributed by atoms with E-state index in [9.17, 15) is 9.59 Å². The first kappa shape index (κ1) is 15.2. The van der Waals surface area contributed by atoms with Gasteiger partial charge < -0.3 is 9.47 Å². The summed E-state index contributed by atoms with van der Waals surface area (Å²) in [7, 11) is 0. The molecule has 108 valence electrons. The van der Waals surface area contributed by atoms with Crippen LogP contribution in [-0.2, 0) is 14.3 Å². The molecule has 1 fully saturated rings. The van der Waals surface area contributed by atoms with E-state index in [0.717, 1.165) is 10.9 Å². The number of Topliss-reactive ketones (excluding diaryl/α,β-unsaturated/α-hetero) is 1. The Labute approximate surface area is 126 Å². The van der Waals surface area contributed by atoms with Crippen molar-refractivity contribution in [3.05, 3.63) is 34.3 Å². The number of hydrogen-bond donors (Lipinski definition) is 0. The Morgan fingerprint density at radius 1 is 1.50 bits per heavy atom. The van der Waals surface area contributed by atoms with Crippen LogP contribution in [0, 0.1) is 5.92 Å². The predicted molar refractivity (Wildman–Crippen MR) is 77.6 cm³/mol. The van der Waals surface area contributed by atoms with Crippen molar-refractivity contribution in [2.75, 3.05) is 13.2 Å². The molecular formula is C15H17BrO4. The van der Waals surface area contributed by atoms with E-state index in [0.29, 0.717) is 18.8 Å². The standard InChI is InChI=1S/C15H17BrO4/c1-10(15(18)20-13-5-6-19-9-13)7-14(17)11-3-2-4-12(16)8-11/h2-4,8,10,13H,5-7,9H2,1H3/t10-,13+/m0/s1. The molecule has 1 aliphatic heterocycles. The molecule has 0 aromatic heterocycles.